The average Bonchev–Trinajstić information content (AvgIpc) is 2.26. The molecule has 0 aliphatic rings. The number of hydrogen-bond acceptors (Lipinski definition) is 3. The maximum absolute atomic E-state index is 11.5. The first kappa shape index (κ1) is 12.7. The van der Waals surface area contributed by atoms with Gasteiger partial charge in [0, 0.05) is 0 Å². The summed E-state index contributed by atoms with van der Waals surface area (Å²) in [7, 11) is 1.30. The minimum absolute atomic E-state index is 0.198. The van der Waals surface area contributed by atoms with E-state index in [0.29, 0.717) is 11.1 Å². The Kier molecular flexibility index (Phi) is 4.07. The van der Waals surface area contributed by atoms with Gasteiger partial charge in [0.1, 0.15) is 5.38 Å². The molecule has 86 valence electrons. The minimum Gasteiger partial charge on any atom is -0.465 e. The van der Waals surface area contributed by atoms with Crippen molar-refractivity contribution in [3.63, 3.8) is 0 Å². The standard InChI is InChI=1S/C12H13ClO3/c1-7-4-5-9(11(13)8(2)14)10(6-7)12(15)16-3/h4-6,11H,1-3H3. The van der Waals surface area contributed by atoms with E-state index in [1.165, 1.54) is 14.0 Å². The lowest BCUT2D eigenvalue weighted by Crippen LogP contribution is -2.11. The molecule has 16 heavy (non-hydrogen) atoms. The summed E-state index contributed by atoms with van der Waals surface area (Å²) in [6, 6.07) is 5.15. The molecule has 0 radical (unpaired) electrons. The number of Topliss-reactive ketones (excluding diaryl/α,β-unsaturated/α-hetero) is 1. The summed E-state index contributed by atoms with van der Waals surface area (Å²) in [6.07, 6.45) is 0. The van der Waals surface area contributed by atoms with Crippen LogP contribution in [0.1, 0.15) is 33.8 Å². The number of halogens is 1. The average molecular weight is 241 g/mol. The summed E-state index contributed by atoms with van der Waals surface area (Å²) in [6.45, 7) is 3.24. The van der Waals surface area contributed by atoms with Crippen molar-refractivity contribution in [1.29, 1.82) is 0 Å². The van der Waals surface area contributed by atoms with E-state index in [2.05, 4.69) is 4.74 Å². The van der Waals surface area contributed by atoms with Gasteiger partial charge in [-0.15, -0.1) is 11.6 Å². The fourth-order valence-corrected chi connectivity index (χ4v) is 1.59. The van der Waals surface area contributed by atoms with Gasteiger partial charge in [-0.05, 0) is 25.5 Å². The third-order valence-electron chi connectivity index (χ3n) is 2.24. The molecule has 4 heteroatoms. The summed E-state index contributed by atoms with van der Waals surface area (Å²) in [5.41, 5.74) is 1.75. The number of carbonyl (C=O) groups is 2. The second-order valence-corrected chi connectivity index (χ2v) is 3.99. The van der Waals surface area contributed by atoms with Crippen LogP contribution < -0.4 is 0 Å². The highest BCUT2D eigenvalue weighted by Crippen LogP contribution is 2.26. The number of hydrogen-bond donors (Lipinski definition) is 0. The lowest BCUT2D eigenvalue weighted by Gasteiger charge is -2.11. The molecule has 0 heterocycles. The van der Waals surface area contributed by atoms with Crippen LogP contribution in [0.15, 0.2) is 18.2 Å². The van der Waals surface area contributed by atoms with E-state index in [-0.39, 0.29) is 5.78 Å². The Morgan fingerprint density at radius 2 is 2.00 bits per heavy atom. The Balaban J connectivity index is 3.27. The van der Waals surface area contributed by atoms with Crippen LogP contribution in [0.4, 0.5) is 0 Å². The molecule has 0 saturated heterocycles. The van der Waals surface area contributed by atoms with Crippen LogP contribution in [0, 0.1) is 6.92 Å². The van der Waals surface area contributed by atoms with E-state index in [1.54, 1.807) is 18.2 Å². The van der Waals surface area contributed by atoms with Crippen molar-refractivity contribution in [3.05, 3.63) is 34.9 Å². The molecule has 1 atom stereocenters. The van der Waals surface area contributed by atoms with Gasteiger partial charge < -0.3 is 4.74 Å². The van der Waals surface area contributed by atoms with Crippen molar-refractivity contribution in [1.82, 2.24) is 0 Å². The first-order chi connectivity index (χ1) is 7.47. The van der Waals surface area contributed by atoms with Crippen molar-refractivity contribution in [2.75, 3.05) is 7.11 Å². The van der Waals surface area contributed by atoms with Gasteiger partial charge in [-0.3, -0.25) is 4.79 Å². The zero-order valence-electron chi connectivity index (χ0n) is 9.41. The number of methoxy groups -OCH3 is 1. The summed E-state index contributed by atoms with van der Waals surface area (Å²) in [4.78, 5) is 22.7. The van der Waals surface area contributed by atoms with E-state index in [1.807, 2.05) is 6.92 Å². The van der Waals surface area contributed by atoms with Gasteiger partial charge in [0.05, 0.1) is 12.7 Å². The Labute approximate surface area is 99.4 Å². The van der Waals surface area contributed by atoms with Crippen LogP contribution in [-0.4, -0.2) is 18.9 Å². The fourth-order valence-electron chi connectivity index (χ4n) is 1.40. The molecule has 0 fully saturated rings. The fraction of sp³-hybridized carbons (Fsp3) is 0.333. The van der Waals surface area contributed by atoms with E-state index < -0.39 is 11.3 Å². The molecule has 0 amide bonds. The van der Waals surface area contributed by atoms with E-state index in [4.69, 9.17) is 11.6 Å². The normalized spacial score (nSPS) is 12.0. The molecule has 0 spiro atoms. The highest BCUT2D eigenvalue weighted by atomic mass is 35.5. The van der Waals surface area contributed by atoms with Crippen molar-refractivity contribution in [3.8, 4) is 0 Å². The van der Waals surface area contributed by atoms with Gasteiger partial charge in [-0.25, -0.2) is 4.79 Å². The van der Waals surface area contributed by atoms with Crippen molar-refractivity contribution < 1.29 is 14.3 Å². The molecule has 0 aliphatic carbocycles. The molecule has 0 aromatic heterocycles. The Hall–Kier alpha value is -1.35. The molecule has 1 unspecified atom stereocenters. The molecular formula is C12H13ClO3. The SMILES string of the molecule is COC(=O)c1cc(C)ccc1C(Cl)C(C)=O. The molecule has 0 saturated carbocycles. The van der Waals surface area contributed by atoms with Gasteiger partial charge in [0.25, 0.3) is 0 Å². The number of carbonyl (C=O) groups excluding carboxylic acids is 2. The number of aryl methyl sites for hydroxylation is 1. The Morgan fingerprint density at radius 3 is 2.50 bits per heavy atom. The molecule has 1 aromatic rings. The third kappa shape index (κ3) is 2.61. The zero-order chi connectivity index (χ0) is 12.3. The summed E-state index contributed by atoms with van der Waals surface area (Å²) in [5, 5.41) is -0.810. The first-order valence-corrected chi connectivity index (χ1v) is 5.24. The quantitative estimate of drug-likeness (QED) is 0.603. The van der Waals surface area contributed by atoms with E-state index >= 15 is 0 Å². The summed E-state index contributed by atoms with van der Waals surface area (Å²) in [5.74, 6) is -0.679. The lowest BCUT2D eigenvalue weighted by atomic mass is 10.00. The van der Waals surface area contributed by atoms with Crippen molar-refractivity contribution >= 4 is 23.4 Å². The maximum Gasteiger partial charge on any atom is 0.338 e. The van der Waals surface area contributed by atoms with Crippen LogP contribution in [0.3, 0.4) is 0 Å². The van der Waals surface area contributed by atoms with Crippen LogP contribution in [0.2, 0.25) is 0 Å². The van der Waals surface area contributed by atoms with E-state index in [9.17, 15) is 9.59 Å². The van der Waals surface area contributed by atoms with Gasteiger partial charge in [-0.2, -0.15) is 0 Å². The molecular weight excluding hydrogens is 228 g/mol. The maximum atomic E-state index is 11.5. The lowest BCUT2D eigenvalue weighted by molar-refractivity contribution is -0.116. The van der Waals surface area contributed by atoms with Crippen molar-refractivity contribution in [2.45, 2.75) is 19.2 Å². The largest absolute Gasteiger partial charge is 0.465 e. The number of alkyl halides is 1. The number of esters is 1. The second-order valence-electron chi connectivity index (χ2n) is 3.56. The summed E-state index contributed by atoms with van der Waals surface area (Å²) < 4.78 is 4.65. The monoisotopic (exact) mass is 240 g/mol. The predicted octanol–water partition coefficient (Wildman–Crippen LogP) is 2.65. The number of benzene rings is 1. The molecule has 0 aliphatic heterocycles. The molecule has 0 N–H and O–H groups in total. The molecule has 1 rings (SSSR count). The van der Waals surface area contributed by atoms with Gasteiger partial charge in [0.15, 0.2) is 5.78 Å². The predicted molar refractivity (Wildman–Crippen MR) is 61.8 cm³/mol. The third-order valence-corrected chi connectivity index (χ3v) is 2.79. The van der Waals surface area contributed by atoms with Gasteiger partial charge in [-0.1, -0.05) is 17.7 Å². The topological polar surface area (TPSA) is 43.4 Å². The van der Waals surface area contributed by atoms with Gasteiger partial charge in [0.2, 0.25) is 0 Å². The summed E-state index contributed by atoms with van der Waals surface area (Å²) >= 11 is 5.94. The molecule has 3 nitrogen and oxygen atoms in total. The molecule has 0 bridgehead atoms. The van der Waals surface area contributed by atoms with Gasteiger partial charge >= 0.3 is 5.97 Å². The smallest absolute Gasteiger partial charge is 0.338 e. The van der Waals surface area contributed by atoms with E-state index in [0.717, 1.165) is 5.56 Å². The second kappa shape index (κ2) is 5.12. The minimum atomic E-state index is -0.810. The van der Waals surface area contributed by atoms with Crippen LogP contribution >= 0.6 is 11.6 Å². The zero-order valence-corrected chi connectivity index (χ0v) is 10.2. The number of ketones is 1. The van der Waals surface area contributed by atoms with Crippen LogP contribution in [0.25, 0.3) is 0 Å². The molecule has 1 aromatic carbocycles. The number of rotatable bonds is 3. The highest BCUT2D eigenvalue weighted by molar-refractivity contribution is 6.31. The Bertz CT molecular complexity index is 426. The van der Waals surface area contributed by atoms with Crippen LogP contribution in [-0.2, 0) is 9.53 Å². The number of ether oxygens (including phenoxy) is 1. The van der Waals surface area contributed by atoms with Crippen LogP contribution in [0.5, 0.6) is 0 Å². The highest BCUT2D eigenvalue weighted by Gasteiger charge is 2.21. The first-order valence-electron chi connectivity index (χ1n) is 4.80. The van der Waals surface area contributed by atoms with Crippen molar-refractivity contribution in [2.24, 2.45) is 0 Å². The Morgan fingerprint density at radius 1 is 1.38 bits per heavy atom.